The minimum atomic E-state index is -1.55. The number of carboxylic acid groups (broad SMARTS) is 1. The molecule has 36 heavy (non-hydrogen) atoms. The number of aliphatic carboxylic acids is 1. The zero-order valence-corrected chi connectivity index (χ0v) is 21.9. The van der Waals surface area contributed by atoms with Gasteiger partial charge in [-0.05, 0) is 55.4 Å². The second-order valence-electron chi connectivity index (χ2n) is 9.08. The zero-order valence-electron chi connectivity index (χ0n) is 21.1. The first kappa shape index (κ1) is 31.2. The monoisotopic (exact) mass is 526 g/mol. The molecule has 5 atom stereocenters. The number of hydrogen-bond acceptors (Lipinski definition) is 8. The summed E-state index contributed by atoms with van der Waals surface area (Å²) >= 11 is 1.43. The largest absolute Gasteiger partial charge is 0.508 e. The standard InChI is InChI=1S/C24H38N4O7S/c1-13(2)11-17(25)21(31)27-19(12-15-5-7-16(30)8-6-15)23(33)26-18(9-10-36-4)22(32)28-20(14(3)29)24(34)35/h5-8,13-14,17-20,29-30H,9-12,25H2,1-4H3,(H,26,33)(H,27,31)(H,28,32)(H,34,35). The van der Waals surface area contributed by atoms with E-state index >= 15 is 0 Å². The van der Waals surface area contributed by atoms with Gasteiger partial charge in [0, 0.05) is 6.42 Å². The van der Waals surface area contributed by atoms with Gasteiger partial charge in [-0.1, -0.05) is 26.0 Å². The molecule has 0 spiro atoms. The number of benzene rings is 1. The van der Waals surface area contributed by atoms with Gasteiger partial charge >= 0.3 is 5.97 Å². The van der Waals surface area contributed by atoms with E-state index < -0.39 is 54.0 Å². The molecule has 202 valence electrons. The molecule has 0 saturated heterocycles. The van der Waals surface area contributed by atoms with E-state index in [9.17, 15) is 34.5 Å². The predicted octanol–water partition coefficient (Wildman–Crippen LogP) is -0.0190. The molecule has 0 aliphatic carbocycles. The summed E-state index contributed by atoms with van der Waals surface area (Å²) in [6.45, 7) is 5.07. The Hall–Kier alpha value is -2.83. The third-order valence-corrected chi connectivity index (χ3v) is 6.01. The van der Waals surface area contributed by atoms with E-state index in [1.165, 1.54) is 30.8 Å². The number of carbonyl (C=O) groups excluding carboxylic acids is 3. The van der Waals surface area contributed by atoms with Crippen LogP contribution in [0.4, 0.5) is 0 Å². The van der Waals surface area contributed by atoms with Crippen LogP contribution in [0.1, 0.15) is 39.2 Å². The van der Waals surface area contributed by atoms with Crippen molar-refractivity contribution in [3.63, 3.8) is 0 Å². The molecule has 1 aromatic carbocycles. The van der Waals surface area contributed by atoms with Crippen molar-refractivity contribution in [3.05, 3.63) is 29.8 Å². The minimum absolute atomic E-state index is 0.0441. The Morgan fingerprint density at radius 1 is 0.944 bits per heavy atom. The maximum absolute atomic E-state index is 13.3. The van der Waals surface area contributed by atoms with Crippen molar-refractivity contribution in [2.75, 3.05) is 12.0 Å². The molecular formula is C24H38N4O7S. The number of amides is 3. The second-order valence-corrected chi connectivity index (χ2v) is 10.1. The van der Waals surface area contributed by atoms with Crippen molar-refractivity contribution in [1.82, 2.24) is 16.0 Å². The quantitative estimate of drug-likeness (QED) is 0.165. The molecule has 0 bridgehead atoms. The zero-order chi connectivity index (χ0) is 27.4. The number of nitrogens with two attached hydrogens (primary N) is 1. The topological polar surface area (TPSA) is 191 Å². The molecular weight excluding hydrogens is 488 g/mol. The highest BCUT2D eigenvalue weighted by atomic mass is 32.2. The number of aromatic hydroxyl groups is 1. The summed E-state index contributed by atoms with van der Waals surface area (Å²) in [6, 6.07) is 1.54. The number of nitrogens with one attached hydrogen (secondary N) is 3. The smallest absolute Gasteiger partial charge is 0.328 e. The number of aliphatic hydroxyl groups excluding tert-OH is 1. The molecule has 0 saturated carbocycles. The lowest BCUT2D eigenvalue weighted by atomic mass is 10.0. The number of rotatable bonds is 15. The average Bonchev–Trinajstić information content (AvgIpc) is 2.79. The summed E-state index contributed by atoms with van der Waals surface area (Å²) < 4.78 is 0. The van der Waals surface area contributed by atoms with Crippen molar-refractivity contribution in [1.29, 1.82) is 0 Å². The summed E-state index contributed by atoms with van der Waals surface area (Å²) in [5, 5.41) is 36.0. The third-order valence-electron chi connectivity index (χ3n) is 5.36. The number of phenols is 1. The van der Waals surface area contributed by atoms with Crippen molar-refractivity contribution < 1.29 is 34.5 Å². The molecule has 0 aromatic heterocycles. The number of aliphatic hydroxyl groups is 1. The number of phenolic OH excluding ortho intramolecular Hbond substituents is 1. The average molecular weight is 527 g/mol. The van der Waals surface area contributed by atoms with Gasteiger partial charge in [0.1, 0.15) is 17.8 Å². The Morgan fingerprint density at radius 2 is 1.50 bits per heavy atom. The number of carbonyl (C=O) groups is 4. The number of hydrogen-bond donors (Lipinski definition) is 7. The Morgan fingerprint density at radius 3 is 2.00 bits per heavy atom. The molecule has 0 aliphatic heterocycles. The highest BCUT2D eigenvalue weighted by Crippen LogP contribution is 2.13. The molecule has 11 nitrogen and oxygen atoms in total. The Bertz CT molecular complexity index is 880. The predicted molar refractivity (Wildman–Crippen MR) is 137 cm³/mol. The number of carboxylic acids is 1. The van der Waals surface area contributed by atoms with Gasteiger partial charge in [0.25, 0.3) is 0 Å². The van der Waals surface area contributed by atoms with Crippen molar-refractivity contribution in [2.24, 2.45) is 11.7 Å². The van der Waals surface area contributed by atoms with E-state index in [2.05, 4.69) is 16.0 Å². The van der Waals surface area contributed by atoms with Gasteiger partial charge in [-0.15, -0.1) is 0 Å². The summed E-state index contributed by atoms with van der Waals surface area (Å²) in [5.74, 6) is -2.67. The van der Waals surface area contributed by atoms with Crippen LogP contribution in [0, 0.1) is 5.92 Å². The molecule has 1 rings (SSSR count). The molecule has 1 aromatic rings. The van der Waals surface area contributed by atoms with Gasteiger partial charge in [-0.2, -0.15) is 11.8 Å². The van der Waals surface area contributed by atoms with Gasteiger partial charge in [0.15, 0.2) is 6.04 Å². The van der Waals surface area contributed by atoms with Crippen molar-refractivity contribution in [3.8, 4) is 5.75 Å². The van der Waals surface area contributed by atoms with E-state index in [4.69, 9.17) is 5.73 Å². The van der Waals surface area contributed by atoms with Gasteiger partial charge in [-0.3, -0.25) is 14.4 Å². The molecule has 12 heteroatoms. The van der Waals surface area contributed by atoms with Gasteiger partial charge in [0.05, 0.1) is 12.1 Å². The second kappa shape index (κ2) is 15.3. The fourth-order valence-corrected chi connectivity index (χ4v) is 3.86. The van der Waals surface area contributed by atoms with E-state index in [0.717, 1.165) is 0 Å². The van der Waals surface area contributed by atoms with Crippen LogP contribution in [0.25, 0.3) is 0 Å². The molecule has 0 heterocycles. The molecule has 0 aliphatic rings. The number of thioether (sulfide) groups is 1. The molecule has 0 radical (unpaired) electrons. The van der Waals surface area contributed by atoms with Gasteiger partial charge in [0.2, 0.25) is 17.7 Å². The Kier molecular flexibility index (Phi) is 13.3. The van der Waals surface area contributed by atoms with Crippen LogP contribution < -0.4 is 21.7 Å². The fraction of sp³-hybridized carbons (Fsp3) is 0.583. The normalized spacial score (nSPS) is 15.3. The third kappa shape index (κ3) is 10.8. The van der Waals surface area contributed by atoms with E-state index in [1.807, 2.05) is 20.1 Å². The van der Waals surface area contributed by atoms with Crippen molar-refractivity contribution in [2.45, 2.75) is 70.3 Å². The van der Waals surface area contributed by atoms with Crippen LogP contribution in [0.15, 0.2) is 24.3 Å². The summed E-state index contributed by atoms with van der Waals surface area (Å²) in [4.78, 5) is 50.2. The minimum Gasteiger partial charge on any atom is -0.508 e. The first-order valence-electron chi connectivity index (χ1n) is 11.7. The van der Waals surface area contributed by atoms with Crippen LogP contribution in [0.5, 0.6) is 5.75 Å². The summed E-state index contributed by atoms with van der Waals surface area (Å²) in [6.07, 6.45) is 1.13. The van der Waals surface area contributed by atoms with Gasteiger partial charge in [-0.25, -0.2) is 4.79 Å². The SMILES string of the molecule is CSCCC(NC(=O)C(Cc1ccc(O)cc1)NC(=O)C(N)CC(C)C)C(=O)NC(C(=O)O)C(C)O. The van der Waals surface area contributed by atoms with E-state index in [1.54, 1.807) is 12.1 Å². The van der Waals surface area contributed by atoms with Crippen LogP contribution in [-0.4, -0.2) is 81.3 Å². The highest BCUT2D eigenvalue weighted by Gasteiger charge is 2.32. The maximum Gasteiger partial charge on any atom is 0.328 e. The summed E-state index contributed by atoms with van der Waals surface area (Å²) in [5.41, 5.74) is 6.63. The van der Waals surface area contributed by atoms with Gasteiger partial charge < -0.3 is 37.0 Å². The lowest BCUT2D eigenvalue weighted by Gasteiger charge is -2.26. The van der Waals surface area contributed by atoms with Crippen molar-refractivity contribution >= 4 is 35.5 Å². The first-order valence-corrected chi connectivity index (χ1v) is 13.1. The fourth-order valence-electron chi connectivity index (χ4n) is 3.39. The first-order chi connectivity index (χ1) is 16.8. The molecule has 8 N–H and O–H groups in total. The maximum atomic E-state index is 13.3. The van der Waals surface area contributed by atoms with E-state index in [0.29, 0.717) is 17.7 Å². The van der Waals surface area contributed by atoms with Crippen LogP contribution in [-0.2, 0) is 25.6 Å². The lowest BCUT2D eigenvalue weighted by molar-refractivity contribution is -0.145. The summed E-state index contributed by atoms with van der Waals surface area (Å²) in [7, 11) is 0. The molecule has 5 unspecified atom stereocenters. The van der Waals surface area contributed by atoms with E-state index in [-0.39, 0.29) is 24.5 Å². The van der Waals surface area contributed by atoms with Crippen LogP contribution in [0.3, 0.4) is 0 Å². The van der Waals surface area contributed by atoms with Crippen LogP contribution >= 0.6 is 11.8 Å². The van der Waals surface area contributed by atoms with Crippen LogP contribution in [0.2, 0.25) is 0 Å². The lowest BCUT2D eigenvalue weighted by Crippen LogP contribution is -2.58. The highest BCUT2D eigenvalue weighted by molar-refractivity contribution is 7.98. The molecule has 0 fully saturated rings. The Labute approximate surface area is 215 Å². The molecule has 3 amide bonds. The Balaban J connectivity index is 3.12.